The van der Waals surface area contributed by atoms with Crippen LogP contribution >= 0.6 is 0 Å². The maximum Gasteiger partial charge on any atom is 0.339 e. The topological polar surface area (TPSA) is 43.4 Å². The SMILES string of the molecule is CC(C)c1ccc2c(c1)C(=O)O[C@H]1C(=O)C(C)(C)CCC[C@]21C. The lowest BCUT2D eigenvalue weighted by Gasteiger charge is -2.41. The zero-order valence-electron chi connectivity index (χ0n) is 14.7. The molecule has 3 rings (SSSR count). The Labute approximate surface area is 138 Å². The number of benzene rings is 1. The molecule has 1 fully saturated rings. The molecule has 124 valence electrons. The number of hydrogen-bond acceptors (Lipinski definition) is 3. The Morgan fingerprint density at radius 1 is 1.13 bits per heavy atom. The van der Waals surface area contributed by atoms with E-state index in [2.05, 4.69) is 26.8 Å². The molecule has 1 aromatic carbocycles. The van der Waals surface area contributed by atoms with Gasteiger partial charge in [-0.3, -0.25) is 4.79 Å². The lowest BCUT2D eigenvalue weighted by molar-refractivity contribution is -0.139. The molecule has 0 saturated heterocycles. The monoisotopic (exact) mass is 314 g/mol. The number of esters is 1. The van der Waals surface area contributed by atoms with Gasteiger partial charge in [0.1, 0.15) is 0 Å². The minimum atomic E-state index is -0.662. The van der Waals surface area contributed by atoms with Crippen LogP contribution in [0.1, 0.15) is 81.3 Å². The molecule has 0 bridgehead atoms. The van der Waals surface area contributed by atoms with E-state index in [4.69, 9.17) is 4.74 Å². The molecule has 0 N–H and O–H groups in total. The first-order chi connectivity index (χ1) is 10.7. The molecule has 1 aromatic rings. The van der Waals surface area contributed by atoms with Crippen LogP contribution in [-0.4, -0.2) is 17.9 Å². The number of ketones is 1. The first-order valence-electron chi connectivity index (χ1n) is 8.56. The second kappa shape index (κ2) is 5.19. The zero-order valence-corrected chi connectivity index (χ0v) is 14.7. The Morgan fingerprint density at radius 2 is 1.83 bits per heavy atom. The Kier molecular flexibility index (Phi) is 3.66. The predicted molar refractivity (Wildman–Crippen MR) is 89.7 cm³/mol. The van der Waals surface area contributed by atoms with Gasteiger partial charge in [0.25, 0.3) is 0 Å². The molecule has 3 heteroatoms. The Bertz CT molecular complexity index is 671. The summed E-state index contributed by atoms with van der Waals surface area (Å²) < 4.78 is 5.69. The molecule has 23 heavy (non-hydrogen) atoms. The molecule has 0 spiro atoms. The van der Waals surface area contributed by atoms with E-state index in [1.54, 1.807) is 0 Å². The van der Waals surface area contributed by atoms with Gasteiger partial charge >= 0.3 is 5.97 Å². The summed E-state index contributed by atoms with van der Waals surface area (Å²) in [7, 11) is 0. The molecule has 3 nitrogen and oxygen atoms in total. The van der Waals surface area contributed by atoms with Crippen molar-refractivity contribution >= 4 is 11.8 Å². The van der Waals surface area contributed by atoms with Gasteiger partial charge in [-0.1, -0.05) is 53.2 Å². The lowest BCUT2D eigenvalue weighted by Crippen LogP contribution is -2.51. The van der Waals surface area contributed by atoms with Crippen LogP contribution in [0.15, 0.2) is 18.2 Å². The third-order valence-electron chi connectivity index (χ3n) is 5.75. The second-order valence-corrected chi connectivity index (χ2v) is 8.26. The van der Waals surface area contributed by atoms with E-state index >= 15 is 0 Å². The van der Waals surface area contributed by atoms with Gasteiger partial charge in [0.15, 0.2) is 11.9 Å². The first kappa shape index (κ1) is 16.2. The Hall–Kier alpha value is -1.64. The van der Waals surface area contributed by atoms with Gasteiger partial charge in [-0.05, 0) is 36.0 Å². The van der Waals surface area contributed by atoms with Crippen molar-refractivity contribution in [1.82, 2.24) is 0 Å². The van der Waals surface area contributed by atoms with Crippen LogP contribution in [0.3, 0.4) is 0 Å². The van der Waals surface area contributed by atoms with E-state index in [9.17, 15) is 9.59 Å². The fourth-order valence-corrected chi connectivity index (χ4v) is 4.01. The highest BCUT2D eigenvalue weighted by atomic mass is 16.5. The smallest absolute Gasteiger partial charge is 0.339 e. The molecule has 1 aliphatic carbocycles. The van der Waals surface area contributed by atoms with Gasteiger partial charge in [0.2, 0.25) is 0 Å². The Morgan fingerprint density at radius 3 is 2.48 bits per heavy atom. The standard InChI is InChI=1S/C20H26O3/c1-12(2)13-7-8-15-14(11-13)18(22)23-17-16(21)19(3,4)9-6-10-20(15,17)5/h7-8,11-12,17H,6,9-10H2,1-5H3/t17-,20+/m0/s1. The van der Waals surface area contributed by atoms with Crippen molar-refractivity contribution in [3.63, 3.8) is 0 Å². The van der Waals surface area contributed by atoms with E-state index in [-0.39, 0.29) is 11.8 Å². The average molecular weight is 314 g/mol. The highest BCUT2D eigenvalue weighted by molar-refractivity contribution is 5.99. The van der Waals surface area contributed by atoms with Crippen molar-refractivity contribution in [3.05, 3.63) is 34.9 Å². The molecule has 1 heterocycles. The molecule has 2 aliphatic rings. The quantitative estimate of drug-likeness (QED) is 0.722. The van der Waals surface area contributed by atoms with Crippen LogP contribution in [0.2, 0.25) is 0 Å². The van der Waals surface area contributed by atoms with Gasteiger partial charge < -0.3 is 4.74 Å². The summed E-state index contributed by atoms with van der Waals surface area (Å²) in [5, 5.41) is 0. The number of Topliss-reactive ketones (excluding diaryl/α,β-unsaturated/α-hetero) is 1. The minimum absolute atomic E-state index is 0.0597. The Balaban J connectivity index is 2.15. The molecule has 0 unspecified atom stereocenters. The zero-order chi connectivity index (χ0) is 17.0. The van der Waals surface area contributed by atoms with Crippen LogP contribution in [0.25, 0.3) is 0 Å². The van der Waals surface area contributed by atoms with Gasteiger partial charge in [-0.2, -0.15) is 0 Å². The van der Waals surface area contributed by atoms with Gasteiger partial charge in [-0.25, -0.2) is 4.79 Å². The fourth-order valence-electron chi connectivity index (χ4n) is 4.01. The summed E-state index contributed by atoms with van der Waals surface area (Å²) in [4.78, 5) is 25.5. The summed E-state index contributed by atoms with van der Waals surface area (Å²) in [6.45, 7) is 10.2. The van der Waals surface area contributed by atoms with Crippen molar-refractivity contribution in [2.45, 2.75) is 71.3 Å². The first-order valence-corrected chi connectivity index (χ1v) is 8.56. The van der Waals surface area contributed by atoms with Crippen LogP contribution in [-0.2, 0) is 14.9 Å². The summed E-state index contributed by atoms with van der Waals surface area (Å²) in [6.07, 6.45) is 2.02. The van der Waals surface area contributed by atoms with Crippen LogP contribution in [0.4, 0.5) is 0 Å². The average Bonchev–Trinajstić information content (AvgIpc) is 2.57. The summed E-state index contributed by atoms with van der Waals surface area (Å²) in [5.41, 5.74) is 1.90. The number of hydrogen-bond donors (Lipinski definition) is 0. The van der Waals surface area contributed by atoms with Crippen molar-refractivity contribution in [1.29, 1.82) is 0 Å². The van der Waals surface area contributed by atoms with Crippen LogP contribution in [0.5, 0.6) is 0 Å². The van der Waals surface area contributed by atoms with Gasteiger partial charge in [0.05, 0.1) is 5.56 Å². The fraction of sp³-hybridized carbons (Fsp3) is 0.600. The predicted octanol–water partition coefficient (Wildman–Crippen LogP) is 4.39. The number of fused-ring (bicyclic) bond motifs is 3. The molecular formula is C20H26O3. The maximum atomic E-state index is 13.0. The summed E-state index contributed by atoms with van der Waals surface area (Å²) in [6, 6.07) is 6.08. The molecule has 1 saturated carbocycles. The maximum absolute atomic E-state index is 13.0. The lowest BCUT2D eigenvalue weighted by atomic mass is 9.68. The van der Waals surface area contributed by atoms with E-state index < -0.39 is 16.9 Å². The summed E-state index contributed by atoms with van der Waals surface area (Å²) in [5.74, 6) is 0.0637. The molecule has 0 radical (unpaired) electrons. The van der Waals surface area contributed by atoms with Gasteiger partial charge in [-0.15, -0.1) is 0 Å². The molecule has 2 atom stereocenters. The van der Waals surface area contributed by atoms with Crippen molar-refractivity contribution in [3.8, 4) is 0 Å². The third kappa shape index (κ3) is 2.41. The van der Waals surface area contributed by atoms with E-state index in [0.29, 0.717) is 11.5 Å². The van der Waals surface area contributed by atoms with Crippen LogP contribution < -0.4 is 0 Å². The molecule has 1 aliphatic heterocycles. The van der Waals surface area contributed by atoms with E-state index in [1.165, 1.54) is 0 Å². The van der Waals surface area contributed by atoms with Crippen molar-refractivity contribution < 1.29 is 14.3 Å². The number of rotatable bonds is 1. The molecular weight excluding hydrogens is 288 g/mol. The van der Waals surface area contributed by atoms with Crippen molar-refractivity contribution in [2.75, 3.05) is 0 Å². The second-order valence-electron chi connectivity index (χ2n) is 8.26. The van der Waals surface area contributed by atoms with E-state index in [0.717, 1.165) is 30.4 Å². The number of carbonyl (C=O) groups is 2. The van der Waals surface area contributed by atoms with Gasteiger partial charge in [0, 0.05) is 10.8 Å². The number of carbonyl (C=O) groups excluding carboxylic acids is 2. The molecule has 0 amide bonds. The van der Waals surface area contributed by atoms with Crippen molar-refractivity contribution in [2.24, 2.45) is 5.41 Å². The largest absolute Gasteiger partial charge is 0.450 e. The highest BCUT2D eigenvalue weighted by Gasteiger charge is 2.53. The van der Waals surface area contributed by atoms with E-state index in [1.807, 2.05) is 26.0 Å². The van der Waals surface area contributed by atoms with Crippen LogP contribution in [0, 0.1) is 5.41 Å². The summed E-state index contributed by atoms with van der Waals surface area (Å²) >= 11 is 0. The molecule has 0 aromatic heterocycles. The highest BCUT2D eigenvalue weighted by Crippen LogP contribution is 2.47. The minimum Gasteiger partial charge on any atom is -0.450 e. The normalized spacial score (nSPS) is 29.6. The third-order valence-corrected chi connectivity index (χ3v) is 5.75. The number of ether oxygens (including phenoxy) is 1.